The minimum Gasteiger partial charge on any atom is -0.463 e. The highest BCUT2D eigenvalue weighted by Crippen LogP contribution is 2.23. The molecule has 1 unspecified atom stereocenters. The Morgan fingerprint density at radius 1 is 1.13 bits per heavy atom. The molecule has 0 aliphatic rings. The first kappa shape index (κ1) is 9.99. The molecule has 1 heterocycles. The lowest BCUT2D eigenvalue weighted by molar-refractivity contribution is 0.187. The molecule has 2 aromatic rings. The first-order valence-electron chi connectivity index (χ1n) is 4.98. The van der Waals surface area contributed by atoms with Crippen molar-refractivity contribution in [2.24, 2.45) is 0 Å². The zero-order chi connectivity index (χ0) is 10.8. The van der Waals surface area contributed by atoms with Crippen molar-refractivity contribution in [3.8, 4) is 0 Å². The Labute approximate surface area is 89.2 Å². The zero-order valence-electron chi connectivity index (χ0n) is 8.90. The second-order valence-electron chi connectivity index (χ2n) is 3.77. The van der Waals surface area contributed by atoms with Gasteiger partial charge in [-0.3, -0.25) is 0 Å². The average Bonchev–Trinajstić information content (AvgIpc) is 2.64. The molecule has 0 fully saturated rings. The van der Waals surface area contributed by atoms with E-state index < -0.39 is 6.10 Å². The summed E-state index contributed by atoms with van der Waals surface area (Å²) in [6.45, 7) is 3.87. The summed E-state index contributed by atoms with van der Waals surface area (Å²) in [5, 5.41) is 10.0. The van der Waals surface area contributed by atoms with Crippen LogP contribution in [-0.2, 0) is 0 Å². The van der Waals surface area contributed by atoms with Gasteiger partial charge in [0.05, 0.1) is 0 Å². The van der Waals surface area contributed by atoms with E-state index in [1.165, 1.54) is 0 Å². The Bertz CT molecular complexity index is 457. The summed E-state index contributed by atoms with van der Waals surface area (Å²) in [7, 11) is 0. The average molecular weight is 202 g/mol. The van der Waals surface area contributed by atoms with E-state index in [0.29, 0.717) is 5.76 Å². The number of furan rings is 1. The van der Waals surface area contributed by atoms with E-state index in [1.807, 2.05) is 50.2 Å². The topological polar surface area (TPSA) is 33.4 Å². The molecule has 0 spiro atoms. The van der Waals surface area contributed by atoms with E-state index in [9.17, 15) is 5.11 Å². The fourth-order valence-electron chi connectivity index (χ4n) is 1.60. The number of hydrogen-bond donors (Lipinski definition) is 1. The molecule has 2 nitrogen and oxygen atoms in total. The molecule has 2 rings (SSSR count). The summed E-state index contributed by atoms with van der Waals surface area (Å²) in [6, 6.07) is 11.5. The molecule has 2 heteroatoms. The van der Waals surface area contributed by atoms with Gasteiger partial charge in [0.25, 0.3) is 0 Å². The summed E-state index contributed by atoms with van der Waals surface area (Å²) < 4.78 is 5.39. The van der Waals surface area contributed by atoms with Crippen molar-refractivity contribution < 1.29 is 9.52 Å². The van der Waals surface area contributed by atoms with E-state index in [1.54, 1.807) is 0 Å². The fraction of sp³-hybridized carbons (Fsp3) is 0.231. The van der Waals surface area contributed by atoms with Gasteiger partial charge in [-0.15, -0.1) is 0 Å². The van der Waals surface area contributed by atoms with Crippen molar-refractivity contribution >= 4 is 0 Å². The molecule has 0 aliphatic heterocycles. The van der Waals surface area contributed by atoms with Gasteiger partial charge in [0.15, 0.2) is 0 Å². The van der Waals surface area contributed by atoms with Crippen LogP contribution in [0.25, 0.3) is 0 Å². The molecule has 0 aliphatic carbocycles. The standard InChI is InChI=1S/C13H14O2/c1-9-4-3-5-11(8-9)13(14)12-7-6-10(2)15-12/h3-8,13-14H,1-2H3. The highest BCUT2D eigenvalue weighted by molar-refractivity contribution is 5.28. The van der Waals surface area contributed by atoms with Gasteiger partial charge in [-0.25, -0.2) is 0 Å². The summed E-state index contributed by atoms with van der Waals surface area (Å²) >= 11 is 0. The molecule has 1 N–H and O–H groups in total. The Hall–Kier alpha value is -1.54. The lowest BCUT2D eigenvalue weighted by atomic mass is 10.1. The monoisotopic (exact) mass is 202 g/mol. The predicted molar refractivity (Wildman–Crippen MR) is 58.7 cm³/mol. The third-order valence-corrected chi connectivity index (χ3v) is 2.39. The zero-order valence-corrected chi connectivity index (χ0v) is 8.90. The Morgan fingerprint density at radius 2 is 1.93 bits per heavy atom. The SMILES string of the molecule is Cc1cccc(C(O)c2ccc(C)o2)c1. The van der Waals surface area contributed by atoms with Crippen LogP contribution in [0.3, 0.4) is 0 Å². The molecular weight excluding hydrogens is 188 g/mol. The van der Waals surface area contributed by atoms with Crippen LogP contribution in [0, 0.1) is 13.8 Å². The highest BCUT2D eigenvalue weighted by Gasteiger charge is 2.13. The molecule has 1 aromatic heterocycles. The van der Waals surface area contributed by atoms with E-state index >= 15 is 0 Å². The van der Waals surface area contributed by atoms with Crippen molar-refractivity contribution in [1.82, 2.24) is 0 Å². The van der Waals surface area contributed by atoms with Crippen molar-refractivity contribution in [1.29, 1.82) is 0 Å². The van der Waals surface area contributed by atoms with Crippen molar-refractivity contribution in [2.45, 2.75) is 20.0 Å². The molecule has 0 saturated heterocycles. The van der Waals surface area contributed by atoms with E-state index in [0.717, 1.165) is 16.9 Å². The number of aryl methyl sites for hydroxylation is 2. The molecular formula is C13H14O2. The van der Waals surface area contributed by atoms with E-state index in [-0.39, 0.29) is 0 Å². The fourth-order valence-corrected chi connectivity index (χ4v) is 1.60. The van der Waals surface area contributed by atoms with Gasteiger partial charge in [-0.05, 0) is 31.5 Å². The van der Waals surface area contributed by atoms with Gasteiger partial charge >= 0.3 is 0 Å². The number of benzene rings is 1. The molecule has 15 heavy (non-hydrogen) atoms. The maximum absolute atomic E-state index is 10.0. The number of hydrogen-bond acceptors (Lipinski definition) is 2. The van der Waals surface area contributed by atoms with E-state index in [2.05, 4.69) is 0 Å². The van der Waals surface area contributed by atoms with Crippen LogP contribution in [0.2, 0.25) is 0 Å². The largest absolute Gasteiger partial charge is 0.463 e. The lowest BCUT2D eigenvalue weighted by Crippen LogP contribution is -1.97. The van der Waals surface area contributed by atoms with Gasteiger partial charge < -0.3 is 9.52 Å². The second-order valence-corrected chi connectivity index (χ2v) is 3.77. The first-order chi connectivity index (χ1) is 7.16. The predicted octanol–water partition coefficient (Wildman–Crippen LogP) is 2.98. The number of aliphatic hydroxyl groups excluding tert-OH is 1. The molecule has 0 radical (unpaired) electrons. The van der Waals surface area contributed by atoms with Crippen LogP contribution in [0.5, 0.6) is 0 Å². The minimum atomic E-state index is -0.668. The summed E-state index contributed by atoms with van der Waals surface area (Å²) in [6.07, 6.45) is -0.668. The van der Waals surface area contributed by atoms with Crippen molar-refractivity contribution in [3.05, 3.63) is 59.0 Å². The Balaban J connectivity index is 2.32. The summed E-state index contributed by atoms with van der Waals surface area (Å²) in [4.78, 5) is 0. The molecule has 0 saturated carbocycles. The summed E-state index contributed by atoms with van der Waals surface area (Å²) in [5.41, 5.74) is 2.00. The Morgan fingerprint density at radius 3 is 2.53 bits per heavy atom. The van der Waals surface area contributed by atoms with Gasteiger partial charge in [0.2, 0.25) is 0 Å². The molecule has 1 aromatic carbocycles. The third kappa shape index (κ3) is 2.10. The van der Waals surface area contributed by atoms with Gasteiger partial charge in [0.1, 0.15) is 17.6 Å². The molecule has 0 bridgehead atoms. The van der Waals surface area contributed by atoms with Crippen LogP contribution in [0.1, 0.15) is 28.8 Å². The van der Waals surface area contributed by atoms with Gasteiger partial charge in [-0.2, -0.15) is 0 Å². The first-order valence-corrected chi connectivity index (χ1v) is 4.98. The highest BCUT2D eigenvalue weighted by atomic mass is 16.4. The van der Waals surface area contributed by atoms with Crippen LogP contribution in [-0.4, -0.2) is 5.11 Å². The number of aliphatic hydroxyl groups is 1. The van der Waals surface area contributed by atoms with Crippen LogP contribution < -0.4 is 0 Å². The normalized spacial score (nSPS) is 12.7. The Kier molecular flexibility index (Phi) is 2.60. The van der Waals surface area contributed by atoms with Crippen molar-refractivity contribution in [3.63, 3.8) is 0 Å². The lowest BCUT2D eigenvalue weighted by Gasteiger charge is -2.08. The van der Waals surface area contributed by atoms with Gasteiger partial charge in [-0.1, -0.05) is 29.8 Å². The number of rotatable bonds is 2. The quantitative estimate of drug-likeness (QED) is 0.812. The maximum Gasteiger partial charge on any atom is 0.137 e. The molecule has 1 atom stereocenters. The molecule has 78 valence electrons. The second kappa shape index (κ2) is 3.91. The smallest absolute Gasteiger partial charge is 0.137 e. The van der Waals surface area contributed by atoms with Crippen LogP contribution >= 0.6 is 0 Å². The maximum atomic E-state index is 10.0. The van der Waals surface area contributed by atoms with Crippen LogP contribution in [0.4, 0.5) is 0 Å². The van der Waals surface area contributed by atoms with Crippen LogP contribution in [0.15, 0.2) is 40.8 Å². The minimum absolute atomic E-state index is 0.595. The molecule has 0 amide bonds. The third-order valence-electron chi connectivity index (χ3n) is 2.39. The summed E-state index contributed by atoms with van der Waals surface area (Å²) in [5.74, 6) is 1.41. The van der Waals surface area contributed by atoms with Gasteiger partial charge in [0, 0.05) is 0 Å². The van der Waals surface area contributed by atoms with E-state index in [4.69, 9.17) is 4.42 Å². The van der Waals surface area contributed by atoms with Crippen molar-refractivity contribution in [2.75, 3.05) is 0 Å².